The fourth-order valence-corrected chi connectivity index (χ4v) is 10.0. The molecule has 1 atom stereocenters. The van der Waals surface area contributed by atoms with Gasteiger partial charge in [0.15, 0.2) is 6.10 Å². The zero-order chi connectivity index (χ0) is 57.8. The molecule has 0 N–H and O–H groups in total. The lowest BCUT2D eigenvalue weighted by atomic mass is 10.0. The minimum Gasteiger partial charge on any atom is -0.462 e. The van der Waals surface area contributed by atoms with E-state index in [1.807, 2.05) is 0 Å². The molecule has 0 aliphatic carbocycles. The largest absolute Gasteiger partial charge is 0.462 e. The summed E-state index contributed by atoms with van der Waals surface area (Å²) in [5.74, 6) is -0.937. The predicted octanol–water partition coefficient (Wildman–Crippen LogP) is 23.8. The molecule has 0 aromatic heterocycles. The van der Waals surface area contributed by atoms with Gasteiger partial charge in [0.25, 0.3) is 0 Å². The number of rotatable bonds is 63. The van der Waals surface area contributed by atoms with Crippen molar-refractivity contribution in [1.82, 2.24) is 0 Å². The minimum absolute atomic E-state index is 0.0953. The molecule has 0 aliphatic rings. The number of hydrogen-bond acceptors (Lipinski definition) is 6. The van der Waals surface area contributed by atoms with E-state index in [-0.39, 0.29) is 37.5 Å². The Morgan fingerprint density at radius 1 is 0.263 bits per heavy atom. The number of carbonyl (C=O) groups is 3. The number of allylic oxidation sites excluding steroid dienone is 14. The monoisotopic (exact) mass is 1110 g/mol. The van der Waals surface area contributed by atoms with Crippen molar-refractivity contribution in [3.05, 3.63) is 85.1 Å². The Hall–Kier alpha value is -3.41. The average Bonchev–Trinajstić information content (AvgIpc) is 3.46. The second-order valence-electron chi connectivity index (χ2n) is 23.1. The lowest BCUT2D eigenvalue weighted by Crippen LogP contribution is -2.30. The van der Waals surface area contributed by atoms with Crippen molar-refractivity contribution in [2.45, 2.75) is 354 Å². The Morgan fingerprint density at radius 2 is 0.487 bits per heavy atom. The van der Waals surface area contributed by atoms with Gasteiger partial charge in [-0.3, -0.25) is 14.4 Å². The van der Waals surface area contributed by atoms with Crippen LogP contribution >= 0.6 is 0 Å². The van der Waals surface area contributed by atoms with Crippen LogP contribution in [0.15, 0.2) is 85.1 Å². The van der Waals surface area contributed by atoms with Crippen molar-refractivity contribution < 1.29 is 28.6 Å². The average molecular weight is 1120 g/mol. The number of carbonyl (C=O) groups excluding carboxylic acids is 3. The number of unbranched alkanes of at least 4 members (excludes halogenated alkanes) is 38. The van der Waals surface area contributed by atoms with Crippen LogP contribution in [0, 0.1) is 0 Å². The molecule has 0 saturated heterocycles. The quantitative estimate of drug-likeness (QED) is 0.0261. The van der Waals surface area contributed by atoms with Gasteiger partial charge in [0.1, 0.15) is 13.2 Å². The van der Waals surface area contributed by atoms with Gasteiger partial charge in [-0.25, -0.2) is 0 Å². The van der Waals surface area contributed by atoms with Crippen molar-refractivity contribution in [3.63, 3.8) is 0 Å². The molecule has 80 heavy (non-hydrogen) atoms. The van der Waals surface area contributed by atoms with Gasteiger partial charge in [0, 0.05) is 19.3 Å². The van der Waals surface area contributed by atoms with Crippen LogP contribution in [0.25, 0.3) is 0 Å². The molecule has 0 radical (unpaired) electrons. The van der Waals surface area contributed by atoms with E-state index in [0.717, 1.165) is 89.9 Å². The van der Waals surface area contributed by atoms with Crippen LogP contribution in [0.3, 0.4) is 0 Å². The molecule has 0 rings (SSSR count). The normalized spacial score (nSPS) is 12.6. The summed E-state index contributed by atoms with van der Waals surface area (Å²) in [5.41, 5.74) is 0. The first-order valence-electron chi connectivity index (χ1n) is 34.6. The van der Waals surface area contributed by atoms with Gasteiger partial charge in [0.2, 0.25) is 0 Å². The zero-order valence-corrected chi connectivity index (χ0v) is 53.1. The van der Waals surface area contributed by atoms with Gasteiger partial charge in [0.05, 0.1) is 0 Å². The maximum atomic E-state index is 12.9. The third-order valence-corrected chi connectivity index (χ3v) is 15.2. The van der Waals surface area contributed by atoms with Gasteiger partial charge in [-0.05, 0) is 70.6 Å². The zero-order valence-electron chi connectivity index (χ0n) is 53.1. The molecule has 0 heterocycles. The third kappa shape index (κ3) is 65.4. The number of esters is 3. The molecule has 462 valence electrons. The maximum absolute atomic E-state index is 12.9. The molecule has 0 bridgehead atoms. The number of hydrogen-bond donors (Lipinski definition) is 0. The Bertz CT molecular complexity index is 1520. The molecule has 0 saturated carbocycles. The van der Waals surface area contributed by atoms with Gasteiger partial charge in [-0.1, -0.05) is 343 Å². The molecule has 6 heteroatoms. The second kappa shape index (κ2) is 68.1. The van der Waals surface area contributed by atoms with E-state index in [4.69, 9.17) is 14.2 Å². The smallest absolute Gasteiger partial charge is 0.306 e. The second-order valence-corrected chi connectivity index (χ2v) is 23.1. The van der Waals surface area contributed by atoms with E-state index < -0.39 is 6.10 Å². The molecule has 1 unspecified atom stereocenters. The van der Waals surface area contributed by atoms with Gasteiger partial charge in [-0.15, -0.1) is 0 Å². The van der Waals surface area contributed by atoms with Crippen LogP contribution in [0.4, 0.5) is 0 Å². The van der Waals surface area contributed by atoms with Gasteiger partial charge in [-0.2, -0.15) is 0 Å². The molecule has 0 aliphatic heterocycles. The molecule has 0 amide bonds. The molecular weight excluding hydrogens is 985 g/mol. The Balaban J connectivity index is 4.34. The van der Waals surface area contributed by atoms with E-state index in [0.29, 0.717) is 19.3 Å². The molecule has 0 aromatic carbocycles. The fourth-order valence-electron chi connectivity index (χ4n) is 10.0. The predicted molar refractivity (Wildman–Crippen MR) is 348 cm³/mol. The Morgan fingerprint density at radius 3 is 0.750 bits per heavy atom. The maximum Gasteiger partial charge on any atom is 0.306 e. The molecule has 0 spiro atoms. The summed E-state index contributed by atoms with van der Waals surface area (Å²) in [5, 5.41) is 0. The summed E-state index contributed by atoms with van der Waals surface area (Å²) in [7, 11) is 0. The Kier molecular flexibility index (Phi) is 65.2. The van der Waals surface area contributed by atoms with Crippen molar-refractivity contribution in [2.24, 2.45) is 0 Å². The van der Waals surface area contributed by atoms with Crippen LogP contribution in [-0.2, 0) is 28.6 Å². The van der Waals surface area contributed by atoms with Crippen LogP contribution in [0.2, 0.25) is 0 Å². The van der Waals surface area contributed by atoms with E-state index in [1.54, 1.807) is 0 Å². The standard InChI is InChI=1S/C74H130O6/c1-4-7-10-13-16-19-22-25-27-29-31-33-35-36-37-39-40-42-44-46-49-52-55-58-61-64-67-73(76)79-70-71(69-78-72(75)66-63-60-57-54-51-48-24-21-18-15-12-9-6-3)80-74(77)68-65-62-59-56-53-50-47-45-43-41-38-34-32-30-28-26-23-20-17-14-11-8-5-2/h8,11,17,20,26,28,32,34,41,43,47,50,56,59,71H,4-7,9-10,12-16,18-19,21-25,27,29-31,33,35-40,42,44-46,48-49,51-55,57-58,60-70H2,1-3H3/b11-8-,20-17-,28-26-,34-32-,43-41-,50-47-,59-56-. The first kappa shape index (κ1) is 76.6. The topological polar surface area (TPSA) is 78.9 Å². The van der Waals surface area contributed by atoms with Crippen molar-refractivity contribution in [3.8, 4) is 0 Å². The van der Waals surface area contributed by atoms with Crippen molar-refractivity contribution >= 4 is 17.9 Å². The van der Waals surface area contributed by atoms with Crippen LogP contribution in [0.5, 0.6) is 0 Å². The molecular formula is C74H130O6. The SMILES string of the molecule is CC/C=C\C/C=C\C/C=C\C/C=C\C/C=C\C/C=C\C/C=C\CCCC(=O)OC(COC(=O)CCCCCCCCCCCCCCC)COC(=O)CCCCCCCCCCCCCCCCCCCCCCCCCCCC. The number of ether oxygens (including phenoxy) is 3. The first-order valence-corrected chi connectivity index (χ1v) is 34.6. The molecule has 6 nitrogen and oxygen atoms in total. The first-order chi connectivity index (χ1) is 39.5. The lowest BCUT2D eigenvalue weighted by molar-refractivity contribution is -0.167. The van der Waals surface area contributed by atoms with Crippen molar-refractivity contribution in [1.29, 1.82) is 0 Å². The summed E-state index contributed by atoms with van der Waals surface area (Å²) in [4.78, 5) is 38.4. The summed E-state index contributed by atoms with van der Waals surface area (Å²) < 4.78 is 16.9. The van der Waals surface area contributed by atoms with Crippen LogP contribution in [-0.4, -0.2) is 37.2 Å². The van der Waals surface area contributed by atoms with Crippen LogP contribution in [0.1, 0.15) is 348 Å². The van der Waals surface area contributed by atoms with E-state index in [1.165, 1.54) is 212 Å². The van der Waals surface area contributed by atoms with E-state index in [2.05, 4.69) is 106 Å². The summed E-state index contributed by atoms with van der Waals surface area (Å²) in [6.45, 7) is 6.53. The summed E-state index contributed by atoms with van der Waals surface area (Å²) >= 11 is 0. The van der Waals surface area contributed by atoms with Crippen LogP contribution < -0.4 is 0 Å². The highest BCUT2D eigenvalue weighted by molar-refractivity contribution is 5.71. The molecule has 0 aromatic rings. The minimum atomic E-state index is -0.806. The van der Waals surface area contributed by atoms with Gasteiger partial charge >= 0.3 is 17.9 Å². The van der Waals surface area contributed by atoms with E-state index >= 15 is 0 Å². The highest BCUT2D eigenvalue weighted by Gasteiger charge is 2.19. The van der Waals surface area contributed by atoms with E-state index in [9.17, 15) is 14.4 Å². The summed E-state index contributed by atoms with van der Waals surface area (Å²) in [6, 6.07) is 0. The molecule has 0 fully saturated rings. The van der Waals surface area contributed by atoms with Gasteiger partial charge < -0.3 is 14.2 Å². The summed E-state index contributed by atoms with van der Waals surface area (Å²) in [6.07, 6.45) is 90.5. The lowest BCUT2D eigenvalue weighted by Gasteiger charge is -2.18. The Labute approximate surface area is 496 Å². The highest BCUT2D eigenvalue weighted by atomic mass is 16.6. The fraction of sp³-hybridized carbons (Fsp3) is 0.770. The van der Waals surface area contributed by atoms with Crippen molar-refractivity contribution in [2.75, 3.05) is 13.2 Å². The third-order valence-electron chi connectivity index (χ3n) is 15.2. The highest BCUT2D eigenvalue weighted by Crippen LogP contribution is 2.18.